The Morgan fingerprint density at radius 2 is 2.10 bits per heavy atom. The number of nitrogens with zero attached hydrogens (tertiary/aromatic N) is 2. The van der Waals surface area contributed by atoms with Crippen LogP contribution in [0, 0.1) is 6.92 Å². The number of H-pyrrole nitrogens is 1. The molecule has 0 saturated heterocycles. The maximum Gasteiger partial charge on any atom is 0.344 e. The van der Waals surface area contributed by atoms with Crippen molar-refractivity contribution in [2.45, 2.75) is 13.8 Å². The third kappa shape index (κ3) is 3.23. The minimum absolute atomic E-state index is 0.466. The number of carboxylic acids is 1. The molecule has 0 aliphatic rings. The topological polar surface area (TPSA) is 87.6 Å². The van der Waals surface area contributed by atoms with Gasteiger partial charge in [-0.05, 0) is 13.8 Å². The van der Waals surface area contributed by atoms with Gasteiger partial charge in [0.2, 0.25) is 6.61 Å². The quantitative estimate of drug-likeness (QED) is 0.645. The number of carboxylic acid groups (broad SMARTS) is 1. The number of imidazole rings is 1. The number of nitrogens with one attached hydrogen (secondary N) is 1. The molecule has 0 aliphatic heterocycles. The van der Waals surface area contributed by atoms with Gasteiger partial charge in [0, 0.05) is 11.3 Å². The van der Waals surface area contributed by atoms with Crippen molar-refractivity contribution >= 4 is 11.7 Å². The minimum Gasteiger partial charge on any atom is -0.479 e. The summed E-state index contributed by atoms with van der Waals surface area (Å²) in [6.07, 6.45) is 0. The SMILES string of the molecule is C/C(=N\OCC(=O)O)c1nc(-c2ccccc2)[nH]c1C. The minimum atomic E-state index is -1.06. The zero-order chi connectivity index (χ0) is 14.5. The standard InChI is InChI=1S/C14H15N3O3/c1-9-13(10(2)17-20-8-12(18)19)16-14(15-9)11-6-4-3-5-7-11/h3-7H,8H2,1-2H3,(H,15,16)(H,18,19)/b17-10+. The monoisotopic (exact) mass is 273 g/mol. The zero-order valence-electron chi connectivity index (χ0n) is 11.3. The molecule has 0 fully saturated rings. The van der Waals surface area contributed by atoms with Crippen molar-refractivity contribution in [2.75, 3.05) is 6.61 Å². The number of aromatic nitrogens is 2. The summed E-state index contributed by atoms with van der Waals surface area (Å²) in [6, 6.07) is 9.71. The lowest BCUT2D eigenvalue weighted by Gasteiger charge is -1.98. The summed E-state index contributed by atoms with van der Waals surface area (Å²) in [5.74, 6) is -0.323. The number of hydrogen-bond acceptors (Lipinski definition) is 4. The Morgan fingerprint density at radius 3 is 2.75 bits per heavy atom. The second-order valence-corrected chi connectivity index (χ2v) is 4.27. The van der Waals surface area contributed by atoms with Gasteiger partial charge in [-0.1, -0.05) is 35.5 Å². The van der Waals surface area contributed by atoms with Crippen LogP contribution < -0.4 is 0 Å². The predicted octanol–water partition coefficient (Wildman–Crippen LogP) is 2.21. The van der Waals surface area contributed by atoms with Crippen LogP contribution in [0.1, 0.15) is 18.3 Å². The van der Waals surface area contributed by atoms with Crippen LogP contribution >= 0.6 is 0 Å². The Morgan fingerprint density at radius 1 is 1.40 bits per heavy atom. The van der Waals surface area contributed by atoms with Gasteiger partial charge in [-0.25, -0.2) is 9.78 Å². The number of carbonyl (C=O) groups is 1. The van der Waals surface area contributed by atoms with Crippen LogP contribution in [0.5, 0.6) is 0 Å². The van der Waals surface area contributed by atoms with E-state index in [1.165, 1.54) is 0 Å². The summed E-state index contributed by atoms with van der Waals surface area (Å²) in [5, 5.41) is 12.2. The normalized spacial score (nSPS) is 11.4. The second-order valence-electron chi connectivity index (χ2n) is 4.27. The average Bonchev–Trinajstić information content (AvgIpc) is 2.81. The Hall–Kier alpha value is -2.63. The van der Waals surface area contributed by atoms with Gasteiger partial charge in [-0.15, -0.1) is 0 Å². The van der Waals surface area contributed by atoms with Crippen LogP contribution in [0.15, 0.2) is 35.5 Å². The molecule has 0 spiro atoms. The second kappa shape index (κ2) is 6.01. The molecule has 1 aromatic carbocycles. The molecule has 2 N–H and O–H groups in total. The Kier molecular flexibility index (Phi) is 4.14. The summed E-state index contributed by atoms with van der Waals surface area (Å²) < 4.78 is 0. The number of aliphatic carboxylic acids is 1. The molecule has 0 unspecified atom stereocenters. The highest BCUT2D eigenvalue weighted by molar-refractivity contribution is 5.98. The zero-order valence-corrected chi connectivity index (χ0v) is 11.3. The third-order valence-electron chi connectivity index (χ3n) is 2.66. The summed E-state index contributed by atoms with van der Waals surface area (Å²) in [6.45, 7) is 3.14. The molecule has 20 heavy (non-hydrogen) atoms. The molecular formula is C14H15N3O3. The van der Waals surface area contributed by atoms with E-state index in [1.807, 2.05) is 37.3 Å². The summed E-state index contributed by atoms with van der Waals surface area (Å²) in [5.41, 5.74) is 3.02. The van der Waals surface area contributed by atoms with Crippen LogP contribution in [-0.4, -0.2) is 33.4 Å². The van der Waals surface area contributed by atoms with Crippen LogP contribution in [0.3, 0.4) is 0 Å². The molecule has 1 heterocycles. The first-order chi connectivity index (χ1) is 9.58. The van der Waals surface area contributed by atoms with Gasteiger partial charge in [0.05, 0.1) is 0 Å². The summed E-state index contributed by atoms with van der Waals surface area (Å²) in [4.78, 5) is 22.7. The molecule has 0 atom stereocenters. The summed E-state index contributed by atoms with van der Waals surface area (Å²) in [7, 11) is 0. The van der Waals surface area contributed by atoms with E-state index in [-0.39, 0.29) is 0 Å². The van der Waals surface area contributed by atoms with Gasteiger partial charge in [-0.3, -0.25) is 0 Å². The molecule has 6 nitrogen and oxygen atoms in total. The van der Waals surface area contributed by atoms with Crippen molar-refractivity contribution in [1.82, 2.24) is 9.97 Å². The Labute approximate surface area is 116 Å². The van der Waals surface area contributed by atoms with Crippen molar-refractivity contribution in [2.24, 2.45) is 5.16 Å². The molecule has 104 valence electrons. The smallest absolute Gasteiger partial charge is 0.344 e. The van der Waals surface area contributed by atoms with Crippen molar-refractivity contribution in [1.29, 1.82) is 0 Å². The molecule has 0 radical (unpaired) electrons. The van der Waals surface area contributed by atoms with Gasteiger partial charge in [-0.2, -0.15) is 0 Å². The maximum absolute atomic E-state index is 10.4. The fourth-order valence-corrected chi connectivity index (χ4v) is 1.77. The van der Waals surface area contributed by atoms with Crippen molar-refractivity contribution < 1.29 is 14.7 Å². The van der Waals surface area contributed by atoms with E-state index >= 15 is 0 Å². The van der Waals surface area contributed by atoms with Gasteiger partial charge >= 0.3 is 5.97 Å². The van der Waals surface area contributed by atoms with Crippen LogP contribution in [-0.2, 0) is 9.63 Å². The Balaban J connectivity index is 2.21. The number of oxime groups is 1. The third-order valence-corrected chi connectivity index (χ3v) is 2.66. The number of rotatable bonds is 5. The number of aryl methyl sites for hydroxylation is 1. The van der Waals surface area contributed by atoms with E-state index in [2.05, 4.69) is 15.1 Å². The van der Waals surface area contributed by atoms with Gasteiger partial charge < -0.3 is 14.9 Å². The average molecular weight is 273 g/mol. The van der Waals surface area contributed by atoms with E-state index < -0.39 is 12.6 Å². The lowest BCUT2D eigenvalue weighted by atomic mass is 10.2. The summed E-state index contributed by atoms with van der Waals surface area (Å²) >= 11 is 0. The van der Waals surface area contributed by atoms with Crippen molar-refractivity contribution in [3.8, 4) is 11.4 Å². The van der Waals surface area contributed by atoms with Gasteiger partial charge in [0.15, 0.2) is 0 Å². The fraction of sp³-hybridized carbons (Fsp3) is 0.214. The highest BCUT2D eigenvalue weighted by Gasteiger charge is 2.11. The van der Waals surface area contributed by atoms with Gasteiger partial charge in [0.25, 0.3) is 0 Å². The number of benzene rings is 1. The van der Waals surface area contributed by atoms with Crippen molar-refractivity contribution in [3.05, 3.63) is 41.7 Å². The molecule has 0 bridgehead atoms. The van der Waals surface area contributed by atoms with E-state index in [9.17, 15) is 4.79 Å². The molecule has 0 saturated carbocycles. The number of aromatic amines is 1. The maximum atomic E-state index is 10.4. The molecule has 0 aliphatic carbocycles. The van der Waals surface area contributed by atoms with E-state index in [0.717, 1.165) is 17.1 Å². The predicted molar refractivity (Wildman–Crippen MR) is 74.6 cm³/mol. The van der Waals surface area contributed by atoms with Gasteiger partial charge in [0.1, 0.15) is 17.2 Å². The molecule has 2 rings (SSSR count). The number of hydrogen-bond donors (Lipinski definition) is 2. The lowest BCUT2D eigenvalue weighted by Crippen LogP contribution is -2.06. The largest absolute Gasteiger partial charge is 0.479 e. The molecule has 2 aromatic rings. The van der Waals surface area contributed by atoms with E-state index in [0.29, 0.717) is 11.4 Å². The molecule has 1 aromatic heterocycles. The molecular weight excluding hydrogens is 258 g/mol. The van der Waals surface area contributed by atoms with Crippen LogP contribution in [0.4, 0.5) is 0 Å². The first-order valence-corrected chi connectivity index (χ1v) is 6.08. The first-order valence-electron chi connectivity index (χ1n) is 6.08. The molecule has 0 amide bonds. The van der Waals surface area contributed by atoms with E-state index in [1.54, 1.807) is 6.92 Å². The van der Waals surface area contributed by atoms with Crippen LogP contribution in [0.2, 0.25) is 0 Å². The Bertz CT molecular complexity index is 632. The van der Waals surface area contributed by atoms with Crippen molar-refractivity contribution in [3.63, 3.8) is 0 Å². The van der Waals surface area contributed by atoms with Crippen LogP contribution in [0.25, 0.3) is 11.4 Å². The lowest BCUT2D eigenvalue weighted by molar-refractivity contribution is -0.142. The highest BCUT2D eigenvalue weighted by Crippen LogP contribution is 2.18. The fourth-order valence-electron chi connectivity index (χ4n) is 1.77. The highest BCUT2D eigenvalue weighted by atomic mass is 16.6. The van der Waals surface area contributed by atoms with E-state index in [4.69, 9.17) is 9.94 Å². The first kappa shape index (κ1) is 13.8. The molecule has 6 heteroatoms.